The van der Waals surface area contributed by atoms with Gasteiger partial charge >= 0.3 is 0 Å². The Kier molecular flexibility index (Phi) is 5.12. The third-order valence-corrected chi connectivity index (χ3v) is 2.69. The summed E-state index contributed by atoms with van der Waals surface area (Å²) in [7, 11) is 2.08. The largest absolute Gasteiger partial charge is 0.305 e. The van der Waals surface area contributed by atoms with Gasteiger partial charge in [0.05, 0.1) is 0 Å². The highest BCUT2D eigenvalue weighted by Gasteiger charge is 2.01. The normalized spacial score (nSPS) is 11.0. The smallest absolute Gasteiger partial charge is 0.126 e. The van der Waals surface area contributed by atoms with Crippen LogP contribution in [0, 0.1) is 12.7 Å². The van der Waals surface area contributed by atoms with Gasteiger partial charge in [-0.25, -0.2) is 4.39 Å². The number of nitrogens with zero attached hydrogens (tertiary/aromatic N) is 1. The predicted molar refractivity (Wildman–Crippen MR) is 66.2 cm³/mol. The number of benzene rings is 1. The molecular formula is C12H18FNS. The lowest BCUT2D eigenvalue weighted by atomic mass is 10.1. The van der Waals surface area contributed by atoms with E-state index in [9.17, 15) is 4.39 Å². The zero-order valence-corrected chi connectivity index (χ0v) is 10.2. The van der Waals surface area contributed by atoms with Gasteiger partial charge in [-0.15, -0.1) is 0 Å². The van der Waals surface area contributed by atoms with Crippen LogP contribution in [-0.4, -0.2) is 30.8 Å². The highest BCUT2D eigenvalue weighted by molar-refractivity contribution is 7.80. The van der Waals surface area contributed by atoms with E-state index in [1.807, 2.05) is 12.1 Å². The molecule has 0 aliphatic carbocycles. The van der Waals surface area contributed by atoms with Gasteiger partial charge in [0.2, 0.25) is 0 Å². The maximum absolute atomic E-state index is 13.0. The van der Waals surface area contributed by atoms with E-state index in [2.05, 4.69) is 24.6 Å². The van der Waals surface area contributed by atoms with E-state index in [1.54, 1.807) is 13.0 Å². The van der Waals surface area contributed by atoms with Gasteiger partial charge < -0.3 is 4.90 Å². The molecule has 1 nitrogen and oxygen atoms in total. The zero-order valence-electron chi connectivity index (χ0n) is 9.33. The summed E-state index contributed by atoms with van der Waals surface area (Å²) in [5.74, 6) is 0.751. The summed E-state index contributed by atoms with van der Waals surface area (Å²) in [6.45, 7) is 3.78. The third-order valence-electron chi connectivity index (χ3n) is 2.49. The molecule has 0 saturated carbocycles. The molecule has 0 unspecified atom stereocenters. The Hall–Kier alpha value is -0.540. The van der Waals surface area contributed by atoms with Gasteiger partial charge in [0.15, 0.2) is 0 Å². The van der Waals surface area contributed by atoms with E-state index in [0.29, 0.717) is 0 Å². The quantitative estimate of drug-likeness (QED) is 0.757. The highest BCUT2D eigenvalue weighted by atomic mass is 32.1. The van der Waals surface area contributed by atoms with Gasteiger partial charge in [-0.05, 0) is 37.6 Å². The van der Waals surface area contributed by atoms with Crippen LogP contribution in [0.5, 0.6) is 0 Å². The first-order valence-corrected chi connectivity index (χ1v) is 5.81. The number of aryl methyl sites for hydroxylation is 1. The van der Waals surface area contributed by atoms with Crippen LogP contribution in [-0.2, 0) is 6.42 Å². The van der Waals surface area contributed by atoms with Crippen LogP contribution in [0.15, 0.2) is 18.2 Å². The SMILES string of the molecule is Cc1cc(CCN(C)CCS)ccc1F. The Morgan fingerprint density at radius 1 is 1.33 bits per heavy atom. The van der Waals surface area contributed by atoms with Crippen LogP contribution in [0.1, 0.15) is 11.1 Å². The van der Waals surface area contributed by atoms with Crippen molar-refractivity contribution in [1.82, 2.24) is 4.90 Å². The molecule has 1 aromatic carbocycles. The Bertz CT molecular complexity index is 314. The zero-order chi connectivity index (χ0) is 11.3. The first-order valence-electron chi connectivity index (χ1n) is 5.18. The topological polar surface area (TPSA) is 3.24 Å². The van der Waals surface area contributed by atoms with Gasteiger partial charge in [0.1, 0.15) is 5.82 Å². The lowest BCUT2D eigenvalue weighted by Gasteiger charge is -2.15. The van der Waals surface area contributed by atoms with Crippen LogP contribution in [0.3, 0.4) is 0 Å². The Labute approximate surface area is 96.7 Å². The maximum Gasteiger partial charge on any atom is 0.126 e. The van der Waals surface area contributed by atoms with Crippen molar-refractivity contribution in [3.63, 3.8) is 0 Å². The molecule has 0 spiro atoms. The molecule has 0 fully saturated rings. The molecule has 84 valence electrons. The second kappa shape index (κ2) is 6.13. The molecule has 3 heteroatoms. The van der Waals surface area contributed by atoms with Crippen molar-refractivity contribution >= 4 is 12.6 Å². The van der Waals surface area contributed by atoms with Gasteiger partial charge in [-0.2, -0.15) is 12.6 Å². The molecular weight excluding hydrogens is 209 g/mol. The number of thiol groups is 1. The minimum atomic E-state index is -0.123. The van der Waals surface area contributed by atoms with Gasteiger partial charge in [0, 0.05) is 18.8 Å². The lowest BCUT2D eigenvalue weighted by Crippen LogP contribution is -2.23. The molecule has 1 rings (SSSR count). The number of rotatable bonds is 5. The van der Waals surface area contributed by atoms with E-state index < -0.39 is 0 Å². The van der Waals surface area contributed by atoms with Gasteiger partial charge in [-0.3, -0.25) is 0 Å². The van der Waals surface area contributed by atoms with E-state index >= 15 is 0 Å². The monoisotopic (exact) mass is 227 g/mol. The standard InChI is InChI=1S/C12H18FNS/c1-10-9-11(3-4-12(10)13)5-6-14(2)7-8-15/h3-4,9,15H,5-8H2,1-2H3. The second-order valence-corrected chi connectivity index (χ2v) is 4.31. The summed E-state index contributed by atoms with van der Waals surface area (Å²) in [6, 6.07) is 5.32. The molecule has 0 N–H and O–H groups in total. The Balaban J connectivity index is 2.47. The van der Waals surface area contributed by atoms with Crippen LogP contribution in [0.4, 0.5) is 4.39 Å². The van der Waals surface area contributed by atoms with E-state index in [4.69, 9.17) is 0 Å². The van der Waals surface area contributed by atoms with Gasteiger partial charge in [0.25, 0.3) is 0 Å². The first-order chi connectivity index (χ1) is 7.13. The first kappa shape index (κ1) is 12.5. The third kappa shape index (κ3) is 4.22. The van der Waals surface area contributed by atoms with Crippen molar-refractivity contribution < 1.29 is 4.39 Å². The van der Waals surface area contributed by atoms with E-state index in [0.717, 1.165) is 30.8 Å². The molecule has 0 aliphatic rings. The summed E-state index contributed by atoms with van der Waals surface area (Å²) < 4.78 is 13.0. The fourth-order valence-electron chi connectivity index (χ4n) is 1.46. The second-order valence-electron chi connectivity index (χ2n) is 3.86. The summed E-state index contributed by atoms with van der Waals surface area (Å²) in [5, 5.41) is 0. The molecule has 1 aromatic rings. The van der Waals surface area contributed by atoms with E-state index in [1.165, 1.54) is 5.56 Å². The molecule has 0 atom stereocenters. The maximum atomic E-state index is 13.0. The highest BCUT2D eigenvalue weighted by Crippen LogP contribution is 2.09. The summed E-state index contributed by atoms with van der Waals surface area (Å²) in [5.41, 5.74) is 1.92. The molecule has 0 bridgehead atoms. The average Bonchev–Trinajstić information content (AvgIpc) is 2.20. The predicted octanol–water partition coefficient (Wildman–Crippen LogP) is 2.54. The number of hydrogen-bond acceptors (Lipinski definition) is 2. The van der Waals surface area contributed by atoms with Crippen molar-refractivity contribution in [1.29, 1.82) is 0 Å². The summed E-state index contributed by atoms with van der Waals surface area (Å²) in [4.78, 5) is 2.23. The van der Waals surface area contributed by atoms with Crippen LogP contribution < -0.4 is 0 Å². The molecule has 0 saturated heterocycles. The summed E-state index contributed by atoms with van der Waals surface area (Å²) >= 11 is 4.18. The van der Waals surface area contributed by atoms with Crippen molar-refractivity contribution in [3.8, 4) is 0 Å². The lowest BCUT2D eigenvalue weighted by molar-refractivity contribution is 0.360. The van der Waals surface area contributed by atoms with Crippen molar-refractivity contribution in [3.05, 3.63) is 35.1 Å². The van der Waals surface area contributed by atoms with Crippen LogP contribution in [0.2, 0.25) is 0 Å². The van der Waals surface area contributed by atoms with Crippen molar-refractivity contribution in [2.75, 3.05) is 25.9 Å². The molecule has 0 aliphatic heterocycles. The van der Waals surface area contributed by atoms with Gasteiger partial charge in [-0.1, -0.05) is 12.1 Å². The molecule has 0 radical (unpaired) electrons. The van der Waals surface area contributed by atoms with Crippen molar-refractivity contribution in [2.24, 2.45) is 0 Å². The number of likely N-dealkylation sites (N-methyl/N-ethyl adjacent to an activating group) is 1. The fourth-order valence-corrected chi connectivity index (χ4v) is 1.81. The fraction of sp³-hybridized carbons (Fsp3) is 0.500. The average molecular weight is 227 g/mol. The Morgan fingerprint density at radius 3 is 2.67 bits per heavy atom. The molecule has 0 heterocycles. The van der Waals surface area contributed by atoms with Crippen molar-refractivity contribution in [2.45, 2.75) is 13.3 Å². The number of halogens is 1. The summed E-state index contributed by atoms with van der Waals surface area (Å²) in [6.07, 6.45) is 0.964. The van der Waals surface area contributed by atoms with E-state index in [-0.39, 0.29) is 5.82 Å². The minimum Gasteiger partial charge on any atom is -0.305 e. The molecule has 15 heavy (non-hydrogen) atoms. The van der Waals surface area contributed by atoms with Crippen LogP contribution >= 0.6 is 12.6 Å². The van der Waals surface area contributed by atoms with Crippen LogP contribution in [0.25, 0.3) is 0 Å². The number of hydrogen-bond donors (Lipinski definition) is 1. The molecule has 0 aromatic heterocycles. The Morgan fingerprint density at radius 2 is 2.07 bits per heavy atom. The molecule has 0 amide bonds. The minimum absolute atomic E-state index is 0.123.